The third kappa shape index (κ3) is 2.67. The van der Waals surface area contributed by atoms with Crippen molar-refractivity contribution in [2.45, 2.75) is 31.7 Å². The molecule has 0 radical (unpaired) electrons. The van der Waals surface area contributed by atoms with Crippen LogP contribution in [0, 0.1) is 11.3 Å². The molecule has 2 aromatic heterocycles. The largest absolute Gasteiger partial charge is 0.468 e. The number of imidazole rings is 1. The molecule has 0 N–H and O–H groups in total. The molecule has 1 amide bonds. The van der Waals surface area contributed by atoms with Crippen molar-refractivity contribution in [2.75, 3.05) is 26.2 Å². The van der Waals surface area contributed by atoms with Crippen LogP contribution in [0.15, 0.2) is 35.3 Å². The van der Waals surface area contributed by atoms with Crippen LogP contribution in [0.4, 0.5) is 0 Å². The van der Waals surface area contributed by atoms with Crippen molar-refractivity contribution < 1.29 is 9.21 Å². The molecule has 0 unspecified atom stereocenters. The Balaban J connectivity index is 1.43. The molecule has 2 aliphatic heterocycles. The average Bonchev–Trinajstić information content (AvgIpc) is 2.98. The fourth-order valence-corrected chi connectivity index (χ4v) is 4.85. The van der Waals surface area contributed by atoms with Gasteiger partial charge in [-0.2, -0.15) is 0 Å². The number of aromatic nitrogens is 2. The van der Waals surface area contributed by atoms with E-state index in [9.17, 15) is 4.79 Å². The number of rotatable bonds is 5. The van der Waals surface area contributed by atoms with Gasteiger partial charge in [0.05, 0.1) is 30.2 Å². The zero-order chi connectivity index (χ0) is 17.7. The molecule has 2 atom stereocenters. The van der Waals surface area contributed by atoms with Crippen molar-refractivity contribution in [2.24, 2.45) is 18.4 Å². The minimum absolute atomic E-state index is 0.162. The summed E-state index contributed by atoms with van der Waals surface area (Å²) in [5.41, 5.74) is 0.728. The fourth-order valence-electron chi connectivity index (χ4n) is 4.85. The fraction of sp³-hybridized carbons (Fsp3) is 0.600. The van der Waals surface area contributed by atoms with Crippen LogP contribution in [0.25, 0.3) is 0 Å². The number of aryl methyl sites for hydroxylation is 1. The van der Waals surface area contributed by atoms with E-state index < -0.39 is 0 Å². The molecule has 1 spiro atoms. The van der Waals surface area contributed by atoms with Gasteiger partial charge in [0.2, 0.25) is 5.91 Å². The topological polar surface area (TPSA) is 54.5 Å². The van der Waals surface area contributed by atoms with Crippen molar-refractivity contribution in [1.29, 1.82) is 0 Å². The maximum Gasteiger partial charge on any atom is 0.230 e. The van der Waals surface area contributed by atoms with Gasteiger partial charge in [-0.1, -0.05) is 0 Å². The van der Waals surface area contributed by atoms with Gasteiger partial charge in [0.25, 0.3) is 0 Å². The molecule has 3 aliphatic rings. The summed E-state index contributed by atoms with van der Waals surface area (Å²) < 4.78 is 7.53. The summed E-state index contributed by atoms with van der Waals surface area (Å²) in [5, 5.41) is 0. The molecule has 138 valence electrons. The van der Waals surface area contributed by atoms with Gasteiger partial charge in [-0.15, -0.1) is 0 Å². The van der Waals surface area contributed by atoms with E-state index >= 15 is 0 Å². The highest BCUT2D eigenvalue weighted by molar-refractivity contribution is 5.86. The van der Waals surface area contributed by atoms with Gasteiger partial charge in [-0.25, -0.2) is 4.98 Å². The van der Waals surface area contributed by atoms with Crippen LogP contribution >= 0.6 is 0 Å². The summed E-state index contributed by atoms with van der Waals surface area (Å²) in [5.74, 6) is 2.21. The molecule has 26 heavy (non-hydrogen) atoms. The number of furan rings is 1. The van der Waals surface area contributed by atoms with Gasteiger partial charge in [-0.05, 0) is 37.3 Å². The van der Waals surface area contributed by atoms with E-state index in [-0.39, 0.29) is 11.3 Å². The first-order valence-electron chi connectivity index (χ1n) is 9.66. The second kappa shape index (κ2) is 5.98. The monoisotopic (exact) mass is 354 g/mol. The third-order valence-corrected chi connectivity index (χ3v) is 6.37. The molecule has 0 bridgehead atoms. The molecule has 3 fully saturated rings. The van der Waals surface area contributed by atoms with Crippen molar-refractivity contribution in [3.63, 3.8) is 0 Å². The van der Waals surface area contributed by atoms with Crippen molar-refractivity contribution in [1.82, 2.24) is 19.4 Å². The van der Waals surface area contributed by atoms with Gasteiger partial charge < -0.3 is 13.9 Å². The number of nitrogens with zero attached hydrogens (tertiary/aromatic N) is 4. The van der Waals surface area contributed by atoms with Crippen LogP contribution in [0.1, 0.15) is 36.6 Å². The molecule has 1 saturated carbocycles. The Hall–Kier alpha value is -2.08. The zero-order valence-electron chi connectivity index (χ0n) is 15.3. The first kappa shape index (κ1) is 16.1. The molecule has 0 aromatic carbocycles. The van der Waals surface area contributed by atoms with E-state index in [0.29, 0.717) is 5.91 Å². The number of hydrogen-bond acceptors (Lipinski definition) is 4. The zero-order valence-corrected chi connectivity index (χ0v) is 15.3. The predicted molar refractivity (Wildman–Crippen MR) is 96.3 cm³/mol. The maximum absolute atomic E-state index is 13.5. The predicted octanol–water partition coefficient (Wildman–Crippen LogP) is 2.24. The van der Waals surface area contributed by atoms with Gasteiger partial charge in [0, 0.05) is 45.3 Å². The summed E-state index contributed by atoms with van der Waals surface area (Å²) in [6.45, 7) is 4.27. The standard InChI is InChI=1S/C20H26N4O2/c1-22-12-18(21-14-22)17-11-23(10-16-3-2-8-26-16)13-20(17)6-7-24(19(20)25)9-15-4-5-15/h2-3,8,12,14-15,17H,4-7,9-11,13H2,1H3/t17-,20+/m1/s1. The molecular weight excluding hydrogens is 328 g/mol. The molecule has 2 aromatic rings. The minimum Gasteiger partial charge on any atom is -0.468 e. The van der Waals surface area contributed by atoms with E-state index in [1.165, 1.54) is 12.8 Å². The summed E-state index contributed by atoms with van der Waals surface area (Å²) in [6.07, 6.45) is 9.15. The molecule has 5 rings (SSSR count). The number of amides is 1. The molecule has 4 heterocycles. The number of hydrogen-bond donors (Lipinski definition) is 0. The lowest BCUT2D eigenvalue weighted by Crippen LogP contribution is -2.40. The Morgan fingerprint density at radius 3 is 2.96 bits per heavy atom. The van der Waals surface area contributed by atoms with E-state index in [2.05, 4.69) is 21.0 Å². The average molecular weight is 354 g/mol. The molecule has 2 saturated heterocycles. The SMILES string of the molecule is Cn1cnc([C@H]2CN(Cc3ccco3)C[C@@]23CCN(CC2CC2)C3=O)c1. The van der Waals surface area contributed by atoms with E-state index in [1.54, 1.807) is 6.26 Å². The maximum atomic E-state index is 13.5. The highest BCUT2D eigenvalue weighted by Gasteiger charge is 2.58. The second-order valence-electron chi connectivity index (χ2n) is 8.37. The summed E-state index contributed by atoms with van der Waals surface area (Å²) >= 11 is 0. The third-order valence-electron chi connectivity index (χ3n) is 6.37. The van der Waals surface area contributed by atoms with E-state index in [0.717, 1.165) is 56.5 Å². The van der Waals surface area contributed by atoms with Crippen LogP contribution in [0.2, 0.25) is 0 Å². The van der Waals surface area contributed by atoms with Crippen LogP contribution in [0.5, 0.6) is 0 Å². The van der Waals surface area contributed by atoms with E-state index in [1.807, 2.05) is 30.1 Å². The van der Waals surface area contributed by atoms with E-state index in [4.69, 9.17) is 4.42 Å². The van der Waals surface area contributed by atoms with Crippen LogP contribution < -0.4 is 0 Å². The Kier molecular flexibility index (Phi) is 3.71. The Labute approximate surface area is 153 Å². The molecule has 1 aliphatic carbocycles. The van der Waals surface area contributed by atoms with Crippen molar-refractivity contribution >= 4 is 5.91 Å². The van der Waals surface area contributed by atoms with Gasteiger partial charge in [0.1, 0.15) is 5.76 Å². The Bertz CT molecular complexity index is 795. The number of likely N-dealkylation sites (tertiary alicyclic amines) is 2. The van der Waals surface area contributed by atoms with Gasteiger partial charge in [-0.3, -0.25) is 9.69 Å². The van der Waals surface area contributed by atoms with Crippen molar-refractivity contribution in [3.8, 4) is 0 Å². The lowest BCUT2D eigenvalue weighted by Gasteiger charge is -2.28. The summed E-state index contributed by atoms with van der Waals surface area (Å²) in [6, 6.07) is 3.94. The Morgan fingerprint density at radius 1 is 1.38 bits per heavy atom. The minimum atomic E-state index is -0.324. The summed E-state index contributed by atoms with van der Waals surface area (Å²) in [7, 11) is 1.99. The van der Waals surface area contributed by atoms with Gasteiger partial charge >= 0.3 is 0 Å². The smallest absolute Gasteiger partial charge is 0.230 e. The van der Waals surface area contributed by atoms with Crippen molar-refractivity contribution in [3.05, 3.63) is 42.4 Å². The normalized spacial score (nSPS) is 29.3. The lowest BCUT2D eigenvalue weighted by molar-refractivity contribution is -0.136. The Morgan fingerprint density at radius 2 is 2.27 bits per heavy atom. The second-order valence-corrected chi connectivity index (χ2v) is 8.37. The van der Waals surface area contributed by atoms with Crippen LogP contribution in [-0.2, 0) is 18.4 Å². The van der Waals surface area contributed by atoms with Crippen LogP contribution in [-0.4, -0.2) is 51.4 Å². The first-order valence-corrected chi connectivity index (χ1v) is 9.66. The highest BCUT2D eigenvalue weighted by atomic mass is 16.3. The summed E-state index contributed by atoms with van der Waals surface area (Å²) in [4.78, 5) is 22.6. The quantitative estimate of drug-likeness (QED) is 0.826. The van der Waals surface area contributed by atoms with Crippen LogP contribution in [0.3, 0.4) is 0 Å². The first-order chi connectivity index (χ1) is 12.6. The highest BCUT2D eigenvalue weighted by Crippen LogP contribution is 2.50. The molecule has 6 nitrogen and oxygen atoms in total. The molecular formula is C20H26N4O2. The molecule has 6 heteroatoms. The lowest BCUT2D eigenvalue weighted by atomic mass is 9.75. The number of carbonyl (C=O) groups excluding carboxylic acids is 1. The van der Waals surface area contributed by atoms with Gasteiger partial charge in [0.15, 0.2) is 0 Å². The number of carbonyl (C=O) groups is 1.